The first-order valence-corrected chi connectivity index (χ1v) is 9.26. The van der Waals surface area contributed by atoms with Gasteiger partial charge in [0.15, 0.2) is 0 Å². The summed E-state index contributed by atoms with van der Waals surface area (Å²) in [6.45, 7) is 4.68. The van der Waals surface area contributed by atoms with Gasteiger partial charge in [-0.2, -0.15) is 0 Å². The number of hydrogen-bond acceptors (Lipinski definition) is 0. The maximum atomic E-state index is 2.47. The third kappa shape index (κ3) is 8.10. The molecule has 1 saturated carbocycles. The van der Waals surface area contributed by atoms with Crippen LogP contribution < -0.4 is 0 Å². The Morgan fingerprint density at radius 2 is 1.58 bits per heavy atom. The molecule has 0 saturated heterocycles. The molecule has 0 heterocycles. The van der Waals surface area contributed by atoms with Crippen LogP contribution in [-0.2, 0) is 0 Å². The average Bonchev–Trinajstić information content (AvgIpc) is 2.40. The van der Waals surface area contributed by atoms with Gasteiger partial charge in [0, 0.05) is 0 Å². The molecule has 0 nitrogen and oxygen atoms in total. The summed E-state index contributed by atoms with van der Waals surface area (Å²) >= 11 is 0. The number of rotatable bonds is 8. The highest BCUT2D eigenvalue weighted by atomic mass is 14.1. The van der Waals surface area contributed by atoms with Gasteiger partial charge in [0.25, 0.3) is 0 Å². The molecular weight excluding hydrogens is 226 g/mol. The van der Waals surface area contributed by atoms with Gasteiger partial charge in [0.1, 0.15) is 15.1 Å². The Morgan fingerprint density at radius 1 is 0.947 bits per heavy atom. The molecule has 2 atom stereocenters. The van der Waals surface area contributed by atoms with E-state index >= 15 is 0 Å². The van der Waals surface area contributed by atoms with Crippen molar-refractivity contribution < 1.29 is 0 Å². The van der Waals surface area contributed by atoms with E-state index in [1.807, 2.05) is 0 Å². The Balaban J connectivity index is 2.35. The zero-order valence-electron chi connectivity index (χ0n) is 13.9. The fourth-order valence-electron chi connectivity index (χ4n) is 3.81. The lowest BCUT2D eigenvalue weighted by molar-refractivity contribution is 0.493. The lowest BCUT2D eigenvalue weighted by Crippen LogP contribution is -2.14. The average molecular weight is 262 g/mol. The molecule has 0 aromatic heterocycles. The molecular formula is C17H36B2. The van der Waals surface area contributed by atoms with Crippen LogP contribution in [0.25, 0.3) is 0 Å². The van der Waals surface area contributed by atoms with Crippen molar-refractivity contribution in [2.24, 2.45) is 0 Å². The highest BCUT2D eigenvalue weighted by Crippen LogP contribution is 2.35. The topological polar surface area (TPSA) is 0 Å². The van der Waals surface area contributed by atoms with Crippen LogP contribution in [-0.4, -0.2) is 15.1 Å². The fourth-order valence-corrected chi connectivity index (χ4v) is 3.81. The van der Waals surface area contributed by atoms with E-state index in [2.05, 4.69) is 21.7 Å². The third-order valence-electron chi connectivity index (χ3n) is 5.23. The molecule has 1 fully saturated rings. The summed E-state index contributed by atoms with van der Waals surface area (Å²) < 4.78 is 0. The van der Waals surface area contributed by atoms with Gasteiger partial charge in [0.05, 0.1) is 0 Å². The van der Waals surface area contributed by atoms with Gasteiger partial charge in [-0.25, -0.2) is 0 Å². The van der Waals surface area contributed by atoms with Crippen LogP contribution >= 0.6 is 0 Å². The molecule has 0 N–H and O–H groups in total. The summed E-state index contributed by atoms with van der Waals surface area (Å²) in [4.78, 5) is 0. The molecule has 0 bridgehead atoms. The third-order valence-corrected chi connectivity index (χ3v) is 5.23. The maximum Gasteiger partial charge on any atom is 0.127 e. The smallest absolute Gasteiger partial charge is 0.0697 e. The quantitative estimate of drug-likeness (QED) is 0.530. The Hall–Kier alpha value is 0.130. The van der Waals surface area contributed by atoms with E-state index < -0.39 is 0 Å². The minimum Gasteiger partial charge on any atom is -0.0697 e. The van der Waals surface area contributed by atoms with Crippen LogP contribution in [0.5, 0.6) is 0 Å². The minimum atomic E-state index is 0.993. The van der Waals surface area contributed by atoms with Gasteiger partial charge in [-0.1, -0.05) is 108 Å². The van der Waals surface area contributed by atoms with Crippen LogP contribution in [0.4, 0.5) is 0 Å². The summed E-state index contributed by atoms with van der Waals surface area (Å²) in [5.74, 6) is 3.09. The molecule has 0 aromatic rings. The van der Waals surface area contributed by atoms with Crippen LogP contribution in [0.3, 0.4) is 0 Å². The second-order valence-electron chi connectivity index (χ2n) is 7.22. The van der Waals surface area contributed by atoms with Gasteiger partial charge < -0.3 is 0 Å². The van der Waals surface area contributed by atoms with E-state index in [4.69, 9.17) is 0 Å². The molecule has 0 aromatic carbocycles. The largest absolute Gasteiger partial charge is 0.127 e. The van der Waals surface area contributed by atoms with Gasteiger partial charge >= 0.3 is 0 Å². The monoisotopic (exact) mass is 262 g/mol. The normalized spacial score (nSPS) is 25.0. The van der Waals surface area contributed by atoms with Crippen LogP contribution in [0.1, 0.15) is 90.9 Å². The molecule has 2 unspecified atom stereocenters. The number of unbranched alkanes of at least 4 members (excludes halogenated alkanes) is 2. The second-order valence-corrected chi connectivity index (χ2v) is 7.22. The van der Waals surface area contributed by atoms with E-state index in [-0.39, 0.29) is 0 Å². The van der Waals surface area contributed by atoms with Crippen molar-refractivity contribution in [1.29, 1.82) is 0 Å². The molecule has 0 radical (unpaired) electrons. The molecule has 1 aliphatic carbocycles. The van der Waals surface area contributed by atoms with E-state index in [0.717, 1.165) is 17.5 Å². The van der Waals surface area contributed by atoms with E-state index in [1.165, 1.54) is 77.0 Å². The van der Waals surface area contributed by atoms with E-state index in [1.54, 1.807) is 7.28 Å². The molecule has 19 heavy (non-hydrogen) atoms. The summed E-state index contributed by atoms with van der Waals surface area (Å²) in [6, 6.07) is 0. The first-order valence-electron chi connectivity index (χ1n) is 9.26. The second kappa shape index (κ2) is 10.9. The summed E-state index contributed by atoms with van der Waals surface area (Å²) in [5, 5.41) is 0. The van der Waals surface area contributed by atoms with Crippen molar-refractivity contribution in [2.45, 2.75) is 108 Å². The minimum absolute atomic E-state index is 0.993. The molecule has 1 rings (SSSR count). The molecule has 2 heteroatoms. The van der Waals surface area contributed by atoms with Crippen molar-refractivity contribution in [3.8, 4) is 0 Å². The predicted molar refractivity (Wildman–Crippen MR) is 93.7 cm³/mol. The first kappa shape index (κ1) is 17.2. The molecule has 0 aliphatic heterocycles. The highest BCUT2D eigenvalue weighted by Gasteiger charge is 2.20. The summed E-state index contributed by atoms with van der Waals surface area (Å²) in [6.07, 6.45) is 17.7. The molecule has 110 valence electrons. The van der Waals surface area contributed by atoms with Gasteiger partial charge in [0.2, 0.25) is 0 Å². The zero-order valence-corrected chi connectivity index (χ0v) is 13.9. The lowest BCUT2D eigenvalue weighted by Gasteiger charge is -2.26. The van der Waals surface area contributed by atoms with E-state index in [0.29, 0.717) is 0 Å². The predicted octanol–water partition coefficient (Wildman–Crippen LogP) is 5.16. The van der Waals surface area contributed by atoms with Crippen molar-refractivity contribution >= 4 is 15.1 Å². The molecule has 0 spiro atoms. The van der Waals surface area contributed by atoms with Gasteiger partial charge in [-0.15, -0.1) is 0 Å². The van der Waals surface area contributed by atoms with Gasteiger partial charge in [-0.3, -0.25) is 0 Å². The van der Waals surface area contributed by atoms with E-state index in [9.17, 15) is 0 Å². The molecule has 0 amide bonds. The standard InChI is InChI=1S/C17H36B2/c1-3-5-10-16(11-6-4-2)19-17-12-8-7-9-15(18)13-14-17/h15-17,19H,3-14,18H2,1-2H3. The molecule has 1 aliphatic rings. The SMILES string of the molecule is BC1CCCCC(BC(CCCC)CCCC)CC1. The van der Waals surface area contributed by atoms with Crippen LogP contribution in [0, 0.1) is 0 Å². The number of hydrogen-bond donors (Lipinski definition) is 0. The van der Waals surface area contributed by atoms with Crippen molar-refractivity contribution in [3.63, 3.8) is 0 Å². The van der Waals surface area contributed by atoms with Crippen LogP contribution in [0.15, 0.2) is 0 Å². The fraction of sp³-hybridized carbons (Fsp3) is 1.00. The van der Waals surface area contributed by atoms with Crippen molar-refractivity contribution in [2.75, 3.05) is 0 Å². The highest BCUT2D eigenvalue weighted by molar-refractivity contribution is 6.39. The van der Waals surface area contributed by atoms with Gasteiger partial charge in [-0.05, 0) is 0 Å². The Kier molecular flexibility index (Phi) is 9.82. The summed E-state index contributed by atoms with van der Waals surface area (Å²) in [7, 11) is 4.01. The maximum absolute atomic E-state index is 2.47. The van der Waals surface area contributed by atoms with Crippen molar-refractivity contribution in [3.05, 3.63) is 0 Å². The van der Waals surface area contributed by atoms with Crippen LogP contribution in [0.2, 0.25) is 17.5 Å². The zero-order chi connectivity index (χ0) is 13.9. The Bertz CT molecular complexity index is 195. The Morgan fingerprint density at radius 3 is 2.21 bits per heavy atom. The first-order chi connectivity index (χ1) is 9.26. The Labute approximate surface area is 124 Å². The lowest BCUT2D eigenvalue weighted by atomic mass is 9.49. The van der Waals surface area contributed by atoms with Crippen molar-refractivity contribution in [1.82, 2.24) is 0 Å². The summed E-state index contributed by atoms with van der Waals surface area (Å²) in [5.41, 5.74) is 0.